The predicted molar refractivity (Wildman–Crippen MR) is 117 cm³/mol. The maximum atomic E-state index is 12.4. The summed E-state index contributed by atoms with van der Waals surface area (Å²) in [6.45, 7) is 4.03. The number of anilines is 1. The van der Waals surface area contributed by atoms with Crippen molar-refractivity contribution in [3.8, 4) is 11.1 Å². The zero-order chi connectivity index (χ0) is 21.1. The van der Waals surface area contributed by atoms with Crippen molar-refractivity contribution in [3.05, 3.63) is 84.3 Å². The van der Waals surface area contributed by atoms with Crippen molar-refractivity contribution in [1.82, 2.24) is 14.6 Å². The molecule has 4 rings (SSSR count). The molecular weight excluding hydrogens is 376 g/mol. The van der Waals surface area contributed by atoms with Crippen LogP contribution in [-0.4, -0.2) is 32.2 Å². The van der Waals surface area contributed by atoms with Gasteiger partial charge in [-0.05, 0) is 46.5 Å². The van der Waals surface area contributed by atoms with Crippen molar-refractivity contribution in [2.45, 2.75) is 25.7 Å². The van der Waals surface area contributed by atoms with Crippen LogP contribution in [0.4, 0.5) is 5.69 Å². The number of aliphatic hydroxyl groups is 1. The molecule has 152 valence electrons. The molecule has 0 saturated heterocycles. The Hall–Kier alpha value is -3.51. The molecule has 6 nitrogen and oxygen atoms in total. The van der Waals surface area contributed by atoms with Gasteiger partial charge in [0.25, 0.3) is 0 Å². The van der Waals surface area contributed by atoms with E-state index < -0.39 is 0 Å². The first-order valence-corrected chi connectivity index (χ1v) is 9.84. The van der Waals surface area contributed by atoms with Crippen LogP contribution in [0.1, 0.15) is 25.0 Å². The van der Waals surface area contributed by atoms with Crippen molar-refractivity contribution in [2.24, 2.45) is 0 Å². The third kappa shape index (κ3) is 4.23. The molecule has 4 aromatic rings. The number of rotatable bonds is 6. The van der Waals surface area contributed by atoms with Gasteiger partial charge in [-0.25, -0.2) is 9.50 Å². The van der Waals surface area contributed by atoms with Crippen LogP contribution in [-0.2, 0) is 16.6 Å². The zero-order valence-electron chi connectivity index (χ0n) is 17.0. The average molecular weight is 400 g/mol. The molecule has 0 fully saturated rings. The van der Waals surface area contributed by atoms with Gasteiger partial charge >= 0.3 is 0 Å². The van der Waals surface area contributed by atoms with Crippen molar-refractivity contribution < 1.29 is 9.90 Å². The average Bonchev–Trinajstić information content (AvgIpc) is 3.22. The van der Waals surface area contributed by atoms with Gasteiger partial charge in [-0.1, -0.05) is 50.2 Å². The third-order valence-corrected chi connectivity index (χ3v) is 5.28. The maximum Gasteiger partial charge on any atom is 0.228 e. The molecule has 2 aromatic heterocycles. The van der Waals surface area contributed by atoms with Crippen LogP contribution in [0.3, 0.4) is 0 Å². The van der Waals surface area contributed by atoms with Crippen LogP contribution in [0.25, 0.3) is 16.8 Å². The number of hydrogen-bond acceptors (Lipinski definition) is 4. The van der Waals surface area contributed by atoms with Gasteiger partial charge in [0.1, 0.15) is 6.33 Å². The molecule has 0 spiro atoms. The second-order valence-corrected chi connectivity index (χ2v) is 8.02. The molecule has 0 radical (unpaired) electrons. The molecule has 6 heteroatoms. The topological polar surface area (TPSA) is 79.5 Å². The highest BCUT2D eigenvalue weighted by molar-refractivity contribution is 5.92. The summed E-state index contributed by atoms with van der Waals surface area (Å²) in [5, 5.41) is 16.5. The van der Waals surface area contributed by atoms with Gasteiger partial charge in [0.2, 0.25) is 5.91 Å². The summed E-state index contributed by atoms with van der Waals surface area (Å²) in [6, 6.07) is 19.5. The summed E-state index contributed by atoms with van der Waals surface area (Å²) in [5.74, 6) is -0.0678. The van der Waals surface area contributed by atoms with E-state index in [1.807, 2.05) is 80.7 Å². The van der Waals surface area contributed by atoms with Crippen LogP contribution < -0.4 is 5.32 Å². The Morgan fingerprint density at radius 2 is 1.77 bits per heavy atom. The Morgan fingerprint density at radius 3 is 2.47 bits per heavy atom. The van der Waals surface area contributed by atoms with Crippen LogP contribution in [0.5, 0.6) is 0 Å². The summed E-state index contributed by atoms with van der Waals surface area (Å²) in [7, 11) is 0. The lowest BCUT2D eigenvalue weighted by atomic mass is 9.85. The van der Waals surface area contributed by atoms with Crippen molar-refractivity contribution in [2.75, 3.05) is 11.9 Å². The van der Waals surface area contributed by atoms with E-state index in [0.29, 0.717) is 6.42 Å². The Labute approximate surface area is 175 Å². The highest BCUT2D eigenvalue weighted by Gasteiger charge is 2.19. The summed E-state index contributed by atoms with van der Waals surface area (Å²) < 4.78 is 1.72. The SMILES string of the molecule is CC(C)(CO)c1ccc(NC(=O)Cc2ccc(-c3ccn4ncnc4c3)cc2)cc1. The number of benzene rings is 2. The highest BCUT2D eigenvalue weighted by atomic mass is 16.3. The van der Waals surface area contributed by atoms with E-state index in [1.54, 1.807) is 4.52 Å². The Kier molecular flexibility index (Phi) is 5.33. The van der Waals surface area contributed by atoms with Crippen LogP contribution in [0, 0.1) is 0 Å². The first-order chi connectivity index (χ1) is 14.4. The van der Waals surface area contributed by atoms with Crippen molar-refractivity contribution in [3.63, 3.8) is 0 Å². The van der Waals surface area contributed by atoms with Crippen LogP contribution in [0.15, 0.2) is 73.2 Å². The molecule has 0 bridgehead atoms. The molecule has 0 aliphatic rings. The Morgan fingerprint density at radius 1 is 1.03 bits per heavy atom. The van der Waals surface area contributed by atoms with Gasteiger partial charge in [0.15, 0.2) is 5.65 Å². The summed E-state index contributed by atoms with van der Waals surface area (Å²) >= 11 is 0. The number of hydrogen-bond donors (Lipinski definition) is 2. The molecule has 2 heterocycles. The van der Waals surface area contributed by atoms with Gasteiger partial charge in [-0.15, -0.1) is 0 Å². The third-order valence-electron chi connectivity index (χ3n) is 5.28. The molecule has 2 N–H and O–H groups in total. The number of nitrogens with one attached hydrogen (secondary N) is 1. The van der Waals surface area contributed by atoms with Gasteiger partial charge in [0.05, 0.1) is 13.0 Å². The van der Waals surface area contributed by atoms with Crippen molar-refractivity contribution >= 4 is 17.2 Å². The van der Waals surface area contributed by atoms with E-state index >= 15 is 0 Å². The standard InChI is InChI=1S/C24H24N4O2/c1-24(2,15-29)20-7-9-21(10-8-20)27-23(30)13-17-3-5-18(6-4-17)19-11-12-28-22(14-19)25-16-26-28/h3-12,14,16,29H,13,15H2,1-2H3,(H,27,30). The van der Waals surface area contributed by atoms with Crippen LogP contribution in [0.2, 0.25) is 0 Å². The van der Waals surface area contributed by atoms with Gasteiger partial charge in [-0.2, -0.15) is 5.10 Å². The lowest BCUT2D eigenvalue weighted by Crippen LogP contribution is -2.22. The number of carbonyl (C=O) groups is 1. The molecule has 2 aromatic carbocycles. The minimum Gasteiger partial charge on any atom is -0.395 e. The van der Waals surface area contributed by atoms with Gasteiger partial charge in [-0.3, -0.25) is 4.79 Å². The molecule has 0 aliphatic carbocycles. The fraction of sp³-hybridized carbons (Fsp3) is 0.208. The molecule has 0 unspecified atom stereocenters. The van der Waals surface area contributed by atoms with E-state index in [-0.39, 0.29) is 17.9 Å². The number of amides is 1. The quantitative estimate of drug-likeness (QED) is 0.515. The van der Waals surface area contributed by atoms with E-state index in [4.69, 9.17) is 0 Å². The lowest BCUT2D eigenvalue weighted by molar-refractivity contribution is -0.115. The van der Waals surface area contributed by atoms with Gasteiger partial charge in [0, 0.05) is 17.3 Å². The van der Waals surface area contributed by atoms with E-state index in [2.05, 4.69) is 15.4 Å². The molecular formula is C24H24N4O2. The Bertz CT molecular complexity index is 1160. The van der Waals surface area contributed by atoms with E-state index in [9.17, 15) is 9.90 Å². The zero-order valence-corrected chi connectivity index (χ0v) is 17.0. The smallest absolute Gasteiger partial charge is 0.228 e. The van der Waals surface area contributed by atoms with E-state index in [1.165, 1.54) is 6.33 Å². The number of pyridine rings is 1. The first-order valence-electron chi connectivity index (χ1n) is 9.84. The summed E-state index contributed by atoms with van der Waals surface area (Å²) in [4.78, 5) is 16.6. The molecule has 0 saturated carbocycles. The minimum absolute atomic E-state index is 0.0678. The maximum absolute atomic E-state index is 12.4. The molecule has 1 amide bonds. The normalized spacial score (nSPS) is 11.6. The summed E-state index contributed by atoms with van der Waals surface area (Å²) in [6.07, 6.45) is 3.71. The predicted octanol–water partition coefficient (Wildman–Crippen LogP) is 3.85. The minimum atomic E-state index is -0.303. The lowest BCUT2D eigenvalue weighted by Gasteiger charge is -2.22. The Balaban J connectivity index is 1.40. The number of fused-ring (bicyclic) bond motifs is 1. The van der Waals surface area contributed by atoms with E-state index in [0.717, 1.165) is 33.6 Å². The number of carbonyl (C=O) groups excluding carboxylic acids is 1. The molecule has 30 heavy (non-hydrogen) atoms. The highest BCUT2D eigenvalue weighted by Crippen LogP contribution is 2.24. The van der Waals surface area contributed by atoms with Crippen LogP contribution >= 0.6 is 0 Å². The number of aliphatic hydroxyl groups excluding tert-OH is 1. The summed E-state index contributed by atoms with van der Waals surface area (Å²) in [5.41, 5.74) is 5.33. The fourth-order valence-electron chi connectivity index (χ4n) is 3.30. The molecule has 0 atom stereocenters. The second kappa shape index (κ2) is 8.08. The monoisotopic (exact) mass is 400 g/mol. The first kappa shape index (κ1) is 19.8. The van der Waals surface area contributed by atoms with Gasteiger partial charge < -0.3 is 10.4 Å². The van der Waals surface area contributed by atoms with Crippen molar-refractivity contribution in [1.29, 1.82) is 0 Å². The number of nitrogens with zero attached hydrogens (tertiary/aromatic N) is 3. The number of aromatic nitrogens is 3. The molecule has 0 aliphatic heterocycles. The second-order valence-electron chi connectivity index (χ2n) is 8.02. The largest absolute Gasteiger partial charge is 0.395 e. The fourth-order valence-corrected chi connectivity index (χ4v) is 3.30.